The maximum Gasteiger partial charge on any atom is 0.175 e. The van der Waals surface area contributed by atoms with Crippen LogP contribution >= 0.6 is 0 Å². The Morgan fingerprint density at radius 1 is 1.09 bits per heavy atom. The van der Waals surface area contributed by atoms with Crippen molar-refractivity contribution in [2.75, 3.05) is 12.9 Å². The third kappa shape index (κ3) is 3.63. The second kappa shape index (κ2) is 6.30. The van der Waals surface area contributed by atoms with Gasteiger partial charge in [-0.25, -0.2) is 8.42 Å². The third-order valence-corrected chi connectivity index (χ3v) is 4.59. The van der Waals surface area contributed by atoms with Gasteiger partial charge in [-0.05, 0) is 29.8 Å². The van der Waals surface area contributed by atoms with Crippen molar-refractivity contribution in [2.24, 2.45) is 0 Å². The van der Waals surface area contributed by atoms with Gasteiger partial charge in [0.25, 0.3) is 0 Å². The molecule has 0 aliphatic carbocycles. The predicted molar refractivity (Wildman–Crippen MR) is 92.0 cm³/mol. The molecule has 0 aliphatic rings. The average Bonchev–Trinajstić information content (AvgIpc) is 2.94. The molecule has 0 bridgehead atoms. The largest absolute Gasteiger partial charge is 0.410 e. The fourth-order valence-electron chi connectivity index (χ4n) is 2.30. The molecule has 0 saturated heterocycles. The first-order valence-electron chi connectivity index (χ1n) is 7.20. The number of hydrogen-bond donors (Lipinski definition) is 0. The van der Waals surface area contributed by atoms with Crippen LogP contribution in [0.1, 0.15) is 5.56 Å². The van der Waals surface area contributed by atoms with Crippen LogP contribution in [0.2, 0.25) is 0 Å². The van der Waals surface area contributed by atoms with Crippen molar-refractivity contribution in [3.05, 3.63) is 72.4 Å². The van der Waals surface area contributed by atoms with Crippen molar-refractivity contribution >= 4 is 26.8 Å². The van der Waals surface area contributed by atoms with E-state index in [1.807, 2.05) is 48.6 Å². The van der Waals surface area contributed by atoms with E-state index < -0.39 is 9.84 Å². The van der Waals surface area contributed by atoms with Crippen molar-refractivity contribution in [3.63, 3.8) is 0 Å². The second-order valence-electron chi connectivity index (χ2n) is 5.24. The van der Waals surface area contributed by atoms with Gasteiger partial charge in [-0.15, -0.1) is 0 Å². The van der Waals surface area contributed by atoms with E-state index in [0.29, 0.717) is 6.61 Å². The van der Waals surface area contributed by atoms with Gasteiger partial charge in [-0.3, -0.25) is 0 Å². The maximum absolute atomic E-state index is 11.7. The topological polar surface area (TPSA) is 48.3 Å². The minimum Gasteiger partial charge on any atom is -0.410 e. The highest BCUT2D eigenvalue weighted by Gasteiger charge is 2.10. The Morgan fingerprint density at radius 2 is 1.87 bits per heavy atom. The number of hydrogen-bond acceptors (Lipinski definition) is 3. The molecule has 1 heterocycles. The lowest BCUT2D eigenvalue weighted by Crippen LogP contribution is -2.10. The lowest BCUT2D eigenvalue weighted by molar-refractivity contribution is 0.146. The molecule has 0 N–H and O–H groups in total. The van der Waals surface area contributed by atoms with Gasteiger partial charge in [0.15, 0.2) is 9.84 Å². The zero-order chi connectivity index (χ0) is 16.3. The Labute approximate surface area is 135 Å². The molecule has 0 saturated carbocycles. The Bertz CT molecular complexity index is 941. The minimum atomic E-state index is -3.23. The van der Waals surface area contributed by atoms with Crippen molar-refractivity contribution in [2.45, 2.75) is 4.90 Å². The molecule has 3 rings (SSSR count). The number of benzene rings is 2. The molecule has 4 nitrogen and oxygen atoms in total. The Balaban J connectivity index is 1.77. The predicted octanol–water partition coefficient (Wildman–Crippen LogP) is 3.19. The van der Waals surface area contributed by atoms with Crippen LogP contribution in [-0.2, 0) is 9.84 Å². The van der Waals surface area contributed by atoms with Crippen molar-refractivity contribution in [3.8, 4) is 0 Å². The summed E-state index contributed by atoms with van der Waals surface area (Å²) in [5.74, 6) is 0. The molecule has 0 aliphatic heterocycles. The summed E-state index contributed by atoms with van der Waals surface area (Å²) in [4.78, 5) is 5.97. The molecule has 0 atom stereocenters. The maximum atomic E-state index is 11.7. The summed E-state index contributed by atoms with van der Waals surface area (Å²) in [6.45, 7) is 0.391. The molecule has 0 radical (unpaired) electrons. The lowest BCUT2D eigenvalue weighted by atomic mass is 10.2. The van der Waals surface area contributed by atoms with E-state index in [2.05, 4.69) is 0 Å². The number of aromatic nitrogens is 1. The molecular formula is C18H17NO3S. The summed E-state index contributed by atoms with van der Waals surface area (Å²) in [6.07, 6.45) is 6.88. The van der Waals surface area contributed by atoms with Gasteiger partial charge in [0, 0.05) is 17.8 Å². The van der Waals surface area contributed by atoms with Crippen LogP contribution in [0, 0.1) is 0 Å². The summed E-state index contributed by atoms with van der Waals surface area (Å²) in [5, 5.41) is 0.935. The van der Waals surface area contributed by atoms with Gasteiger partial charge >= 0.3 is 0 Å². The van der Waals surface area contributed by atoms with E-state index in [-0.39, 0.29) is 4.90 Å². The van der Waals surface area contributed by atoms with Crippen LogP contribution in [0.3, 0.4) is 0 Å². The Morgan fingerprint density at radius 3 is 2.61 bits per heavy atom. The molecule has 0 amide bonds. The first kappa shape index (κ1) is 15.4. The number of nitrogens with zero attached hydrogens (tertiary/aromatic N) is 1. The first-order chi connectivity index (χ1) is 11.0. The highest BCUT2D eigenvalue weighted by Crippen LogP contribution is 2.19. The molecule has 3 aromatic rings. The first-order valence-corrected chi connectivity index (χ1v) is 9.09. The monoisotopic (exact) mass is 327 g/mol. The highest BCUT2D eigenvalue weighted by atomic mass is 32.2. The minimum absolute atomic E-state index is 0.286. The molecule has 1 aromatic heterocycles. The Kier molecular flexibility index (Phi) is 4.21. The van der Waals surface area contributed by atoms with Crippen molar-refractivity contribution in [1.82, 2.24) is 4.73 Å². The van der Waals surface area contributed by atoms with E-state index in [1.165, 1.54) is 6.26 Å². The molecule has 2 aromatic carbocycles. The van der Waals surface area contributed by atoms with Crippen LogP contribution in [0.4, 0.5) is 0 Å². The smallest absolute Gasteiger partial charge is 0.175 e. The van der Waals surface area contributed by atoms with E-state index in [1.54, 1.807) is 29.1 Å². The van der Waals surface area contributed by atoms with E-state index in [4.69, 9.17) is 4.84 Å². The SMILES string of the molecule is CS(=O)(=O)c1ccc2ccn(OCC=Cc3ccccc3)c2c1. The molecule has 0 unspecified atom stereocenters. The molecule has 5 heteroatoms. The normalized spacial score (nSPS) is 12.0. The van der Waals surface area contributed by atoms with Crippen molar-refractivity contribution in [1.29, 1.82) is 0 Å². The van der Waals surface area contributed by atoms with E-state index in [9.17, 15) is 8.42 Å². The van der Waals surface area contributed by atoms with Gasteiger partial charge in [-0.2, -0.15) is 4.73 Å². The molecular weight excluding hydrogens is 310 g/mol. The summed E-state index contributed by atoms with van der Waals surface area (Å²) < 4.78 is 24.9. The van der Waals surface area contributed by atoms with Crippen LogP contribution in [-0.4, -0.2) is 26.0 Å². The van der Waals surface area contributed by atoms with Gasteiger partial charge in [0.2, 0.25) is 0 Å². The summed E-state index contributed by atoms with van der Waals surface area (Å²) in [5.41, 5.74) is 1.84. The van der Waals surface area contributed by atoms with Gasteiger partial charge in [-0.1, -0.05) is 42.5 Å². The summed E-state index contributed by atoms with van der Waals surface area (Å²) in [7, 11) is -3.23. The Hall–Kier alpha value is -2.53. The zero-order valence-corrected chi connectivity index (χ0v) is 13.5. The van der Waals surface area contributed by atoms with Crippen LogP contribution < -0.4 is 4.84 Å². The van der Waals surface area contributed by atoms with Gasteiger partial charge in [0.1, 0.15) is 6.61 Å². The van der Waals surface area contributed by atoms with Crippen molar-refractivity contribution < 1.29 is 13.3 Å². The quantitative estimate of drug-likeness (QED) is 0.723. The fourth-order valence-corrected chi connectivity index (χ4v) is 2.94. The fraction of sp³-hybridized carbons (Fsp3) is 0.111. The van der Waals surface area contributed by atoms with Crippen LogP contribution in [0.25, 0.3) is 17.0 Å². The van der Waals surface area contributed by atoms with E-state index in [0.717, 1.165) is 16.5 Å². The second-order valence-corrected chi connectivity index (χ2v) is 7.26. The van der Waals surface area contributed by atoms with Crippen LogP contribution in [0.15, 0.2) is 71.8 Å². The number of sulfone groups is 1. The molecule has 23 heavy (non-hydrogen) atoms. The van der Waals surface area contributed by atoms with E-state index >= 15 is 0 Å². The van der Waals surface area contributed by atoms with Gasteiger partial charge in [0.05, 0.1) is 10.4 Å². The summed E-state index contributed by atoms with van der Waals surface area (Å²) in [6, 6.07) is 16.9. The van der Waals surface area contributed by atoms with Crippen LogP contribution in [0.5, 0.6) is 0 Å². The standard InChI is InChI=1S/C18H17NO3S/c1-23(20,21)17-10-9-16-11-12-19(18(16)14-17)22-13-5-8-15-6-3-2-4-7-15/h2-12,14H,13H2,1H3. The van der Waals surface area contributed by atoms with Gasteiger partial charge < -0.3 is 4.84 Å². The average molecular weight is 327 g/mol. The number of rotatable bonds is 5. The lowest BCUT2D eigenvalue weighted by Gasteiger charge is -2.06. The molecule has 0 spiro atoms. The highest BCUT2D eigenvalue weighted by molar-refractivity contribution is 7.90. The number of fused-ring (bicyclic) bond motifs is 1. The third-order valence-electron chi connectivity index (χ3n) is 3.48. The zero-order valence-electron chi connectivity index (χ0n) is 12.7. The molecule has 0 fully saturated rings. The molecule has 118 valence electrons. The summed E-state index contributed by atoms with van der Waals surface area (Å²) >= 11 is 0.